The predicted molar refractivity (Wildman–Crippen MR) is 153 cm³/mol. The number of anilines is 1. The standard InChI is InChI=1S/C31H33N7O2/c1-21-23(28-25-17-22(18-32)5-8-26(25)33-20-34-28)6-7-24-27(21)35-30(36-29(24)37-11-4-15-39-16-14-37)40-19-31-9-2-12-38(31)13-3-10-31/h5-8,17,20H,2-4,9-16,19H2,1H3. The molecule has 5 heterocycles. The molecular formula is C31H33N7O2. The van der Waals surface area contributed by atoms with E-state index in [4.69, 9.17) is 19.4 Å². The predicted octanol–water partition coefficient (Wildman–Crippen LogP) is 4.65. The van der Waals surface area contributed by atoms with Crippen LogP contribution in [0.3, 0.4) is 0 Å². The third kappa shape index (κ3) is 4.32. The second-order valence-corrected chi connectivity index (χ2v) is 11.2. The zero-order valence-corrected chi connectivity index (χ0v) is 22.9. The summed E-state index contributed by atoms with van der Waals surface area (Å²) in [7, 11) is 0. The number of hydrogen-bond acceptors (Lipinski definition) is 9. The van der Waals surface area contributed by atoms with E-state index in [1.165, 1.54) is 25.7 Å². The molecule has 0 spiro atoms. The zero-order chi connectivity index (χ0) is 27.1. The summed E-state index contributed by atoms with van der Waals surface area (Å²) in [5, 5.41) is 11.3. The highest BCUT2D eigenvalue weighted by atomic mass is 16.5. The Morgan fingerprint density at radius 2 is 1.85 bits per heavy atom. The molecule has 40 heavy (non-hydrogen) atoms. The van der Waals surface area contributed by atoms with Crippen LogP contribution in [0.25, 0.3) is 33.1 Å². The smallest absolute Gasteiger partial charge is 0.319 e. The molecule has 0 saturated carbocycles. The van der Waals surface area contributed by atoms with Crippen LogP contribution in [0.2, 0.25) is 0 Å². The highest BCUT2D eigenvalue weighted by Crippen LogP contribution is 2.40. The summed E-state index contributed by atoms with van der Waals surface area (Å²) in [5.74, 6) is 0.895. The second kappa shape index (κ2) is 10.3. The van der Waals surface area contributed by atoms with E-state index in [1.807, 2.05) is 12.1 Å². The van der Waals surface area contributed by atoms with Gasteiger partial charge in [-0.25, -0.2) is 9.97 Å². The van der Waals surface area contributed by atoms with Crippen molar-refractivity contribution in [1.82, 2.24) is 24.8 Å². The van der Waals surface area contributed by atoms with Gasteiger partial charge >= 0.3 is 6.01 Å². The minimum absolute atomic E-state index is 0.115. The van der Waals surface area contributed by atoms with Gasteiger partial charge in [-0.05, 0) is 81.9 Å². The quantitative estimate of drug-likeness (QED) is 0.361. The minimum Gasteiger partial charge on any atom is -0.461 e. The Hall–Kier alpha value is -3.87. The van der Waals surface area contributed by atoms with E-state index >= 15 is 0 Å². The van der Waals surface area contributed by atoms with E-state index in [2.05, 4.69) is 44.9 Å². The van der Waals surface area contributed by atoms with Crippen molar-refractivity contribution in [3.8, 4) is 23.3 Å². The summed E-state index contributed by atoms with van der Waals surface area (Å²) >= 11 is 0. The highest BCUT2D eigenvalue weighted by Gasteiger charge is 2.45. The Balaban J connectivity index is 1.35. The number of nitriles is 1. The molecule has 3 saturated heterocycles. The number of ether oxygens (including phenoxy) is 2. The first kappa shape index (κ1) is 25.1. The lowest BCUT2D eigenvalue weighted by Crippen LogP contribution is -2.43. The number of hydrogen-bond donors (Lipinski definition) is 0. The summed E-state index contributed by atoms with van der Waals surface area (Å²) in [5.41, 5.74) is 5.11. The van der Waals surface area contributed by atoms with Crippen LogP contribution in [0.4, 0.5) is 5.82 Å². The van der Waals surface area contributed by atoms with Crippen LogP contribution in [0.15, 0.2) is 36.7 Å². The van der Waals surface area contributed by atoms with Crippen molar-refractivity contribution in [3.63, 3.8) is 0 Å². The average molecular weight is 536 g/mol. The molecular weight excluding hydrogens is 502 g/mol. The first-order chi connectivity index (χ1) is 19.6. The van der Waals surface area contributed by atoms with Crippen LogP contribution in [-0.2, 0) is 4.74 Å². The molecule has 0 radical (unpaired) electrons. The van der Waals surface area contributed by atoms with Gasteiger partial charge in [-0.1, -0.05) is 6.07 Å². The van der Waals surface area contributed by atoms with E-state index in [-0.39, 0.29) is 5.54 Å². The van der Waals surface area contributed by atoms with Crippen molar-refractivity contribution in [2.75, 3.05) is 50.9 Å². The van der Waals surface area contributed by atoms with Crippen molar-refractivity contribution >= 4 is 27.6 Å². The van der Waals surface area contributed by atoms with Gasteiger partial charge < -0.3 is 14.4 Å². The second-order valence-electron chi connectivity index (χ2n) is 11.2. The molecule has 3 aliphatic rings. The Labute approximate surface area is 233 Å². The fourth-order valence-electron chi connectivity index (χ4n) is 6.82. The Morgan fingerprint density at radius 1 is 0.975 bits per heavy atom. The maximum Gasteiger partial charge on any atom is 0.319 e. The number of aromatic nitrogens is 4. The fourth-order valence-corrected chi connectivity index (χ4v) is 6.82. The molecule has 3 fully saturated rings. The molecule has 0 unspecified atom stereocenters. The van der Waals surface area contributed by atoms with E-state index in [1.54, 1.807) is 12.4 Å². The lowest BCUT2D eigenvalue weighted by atomic mass is 9.95. The van der Waals surface area contributed by atoms with Crippen LogP contribution < -0.4 is 9.64 Å². The number of benzene rings is 2. The topological polar surface area (TPSA) is 100 Å². The summed E-state index contributed by atoms with van der Waals surface area (Å²) in [6, 6.07) is 12.4. The molecule has 2 aromatic heterocycles. The van der Waals surface area contributed by atoms with Gasteiger partial charge in [-0.15, -0.1) is 0 Å². The third-order valence-electron chi connectivity index (χ3n) is 8.90. The van der Waals surface area contributed by atoms with Gasteiger partial charge in [0.15, 0.2) is 0 Å². The first-order valence-corrected chi connectivity index (χ1v) is 14.3. The molecule has 7 rings (SSSR count). The van der Waals surface area contributed by atoms with Crippen LogP contribution in [0.5, 0.6) is 6.01 Å². The van der Waals surface area contributed by atoms with Gasteiger partial charge in [-0.2, -0.15) is 15.2 Å². The first-order valence-electron chi connectivity index (χ1n) is 14.3. The Morgan fingerprint density at radius 3 is 2.70 bits per heavy atom. The minimum atomic E-state index is 0.115. The van der Waals surface area contributed by atoms with Crippen LogP contribution in [0, 0.1) is 18.3 Å². The Bertz CT molecular complexity index is 1610. The molecule has 0 amide bonds. The van der Waals surface area contributed by atoms with Crippen molar-refractivity contribution in [2.24, 2.45) is 0 Å². The van der Waals surface area contributed by atoms with Crippen LogP contribution in [-0.4, -0.2) is 76.4 Å². The van der Waals surface area contributed by atoms with E-state index < -0.39 is 0 Å². The van der Waals surface area contributed by atoms with Crippen molar-refractivity contribution in [1.29, 1.82) is 5.26 Å². The maximum atomic E-state index is 9.51. The summed E-state index contributed by atoms with van der Waals surface area (Å²) in [4.78, 5) is 24.0. The Kier molecular flexibility index (Phi) is 6.45. The molecule has 0 atom stereocenters. The largest absolute Gasteiger partial charge is 0.461 e. The van der Waals surface area contributed by atoms with Crippen LogP contribution in [0.1, 0.15) is 43.2 Å². The number of rotatable bonds is 5. The van der Waals surface area contributed by atoms with Crippen LogP contribution >= 0.6 is 0 Å². The van der Waals surface area contributed by atoms with E-state index in [0.717, 1.165) is 83.7 Å². The SMILES string of the molecule is Cc1c(-c2ncnc3ccc(C#N)cc23)ccc2c(N3CCCOCC3)nc(OCC34CCCN3CCC4)nc12. The lowest BCUT2D eigenvalue weighted by molar-refractivity contribution is 0.108. The van der Waals surface area contributed by atoms with Crippen molar-refractivity contribution in [2.45, 2.75) is 44.6 Å². The number of nitrogens with zero attached hydrogens (tertiary/aromatic N) is 7. The molecule has 9 heteroatoms. The maximum absolute atomic E-state index is 9.51. The molecule has 9 nitrogen and oxygen atoms in total. The zero-order valence-electron chi connectivity index (χ0n) is 22.9. The normalized spacial score (nSPS) is 19.1. The van der Waals surface area contributed by atoms with Gasteiger partial charge in [0.1, 0.15) is 18.8 Å². The van der Waals surface area contributed by atoms with E-state index in [0.29, 0.717) is 24.8 Å². The van der Waals surface area contributed by atoms with Crippen molar-refractivity contribution < 1.29 is 9.47 Å². The molecule has 2 aromatic carbocycles. The summed E-state index contributed by atoms with van der Waals surface area (Å²) in [6.45, 7) is 8.09. The molecule has 4 aromatic rings. The molecule has 204 valence electrons. The van der Waals surface area contributed by atoms with Gasteiger partial charge in [0.25, 0.3) is 0 Å². The van der Waals surface area contributed by atoms with E-state index in [9.17, 15) is 5.26 Å². The van der Waals surface area contributed by atoms with Crippen molar-refractivity contribution in [3.05, 3.63) is 47.8 Å². The number of fused-ring (bicyclic) bond motifs is 3. The highest BCUT2D eigenvalue weighted by molar-refractivity contribution is 6.00. The fraction of sp³-hybridized carbons (Fsp3) is 0.452. The molecule has 0 aliphatic carbocycles. The molecule has 0 N–H and O–H groups in total. The van der Waals surface area contributed by atoms with Gasteiger partial charge in [0.05, 0.1) is 40.5 Å². The number of aryl methyl sites for hydroxylation is 1. The van der Waals surface area contributed by atoms with Gasteiger partial charge in [0.2, 0.25) is 0 Å². The lowest BCUT2D eigenvalue weighted by Gasteiger charge is -2.31. The third-order valence-corrected chi connectivity index (χ3v) is 8.90. The van der Waals surface area contributed by atoms with Gasteiger partial charge in [0, 0.05) is 36.0 Å². The average Bonchev–Trinajstić information content (AvgIpc) is 3.45. The van der Waals surface area contributed by atoms with Gasteiger partial charge in [-0.3, -0.25) is 4.90 Å². The molecule has 0 bridgehead atoms. The summed E-state index contributed by atoms with van der Waals surface area (Å²) < 4.78 is 12.2. The molecule has 3 aliphatic heterocycles. The monoisotopic (exact) mass is 535 g/mol. The summed E-state index contributed by atoms with van der Waals surface area (Å²) in [6.07, 6.45) is 7.33.